The van der Waals surface area contributed by atoms with Crippen LogP contribution < -0.4 is 5.32 Å². The molecule has 0 bridgehead atoms. The number of hydrogen-bond donors (Lipinski definition) is 1. The maximum Gasteiger partial charge on any atom is 0.243 e. The summed E-state index contributed by atoms with van der Waals surface area (Å²) in [5.74, 6) is -0.0675. The van der Waals surface area contributed by atoms with Crippen molar-refractivity contribution in [2.75, 3.05) is 18.4 Å². The van der Waals surface area contributed by atoms with Crippen molar-refractivity contribution >= 4 is 32.3 Å². The zero-order valence-corrected chi connectivity index (χ0v) is 19.1. The van der Waals surface area contributed by atoms with Crippen molar-refractivity contribution in [2.24, 2.45) is 5.92 Å². The summed E-state index contributed by atoms with van der Waals surface area (Å²) in [6, 6.07) is 11.0. The third-order valence-electron chi connectivity index (χ3n) is 5.50. The second-order valence-corrected chi connectivity index (χ2v) is 10.9. The first kappa shape index (κ1) is 22.5. The van der Waals surface area contributed by atoms with Crippen molar-refractivity contribution in [3.63, 3.8) is 0 Å². The van der Waals surface area contributed by atoms with Gasteiger partial charge in [0.1, 0.15) is 11.1 Å². The highest BCUT2D eigenvalue weighted by Crippen LogP contribution is 2.30. The summed E-state index contributed by atoms with van der Waals surface area (Å²) < 4.78 is 27.4. The Morgan fingerprint density at radius 1 is 1.27 bits per heavy atom. The lowest BCUT2D eigenvalue weighted by Crippen LogP contribution is -2.41. The SMILES string of the molecule is CCc1cc(C#N)c(NC(=O)C2CCN(S(=O)(=O)c3ccc(C(C)C)cc3)CC2)s1. The van der Waals surface area contributed by atoms with Crippen molar-refractivity contribution in [2.45, 2.75) is 50.8 Å². The number of hydrogen-bond acceptors (Lipinski definition) is 5. The number of nitrogens with zero attached hydrogens (tertiary/aromatic N) is 2. The van der Waals surface area contributed by atoms with E-state index in [1.54, 1.807) is 18.2 Å². The Balaban J connectivity index is 1.63. The number of nitriles is 1. The smallest absolute Gasteiger partial charge is 0.243 e. The molecule has 1 fully saturated rings. The summed E-state index contributed by atoms with van der Waals surface area (Å²) >= 11 is 1.42. The van der Waals surface area contributed by atoms with Gasteiger partial charge in [0, 0.05) is 23.9 Å². The van der Waals surface area contributed by atoms with Crippen LogP contribution >= 0.6 is 11.3 Å². The number of benzene rings is 1. The molecule has 0 spiro atoms. The van der Waals surface area contributed by atoms with Crippen molar-refractivity contribution in [1.82, 2.24) is 4.31 Å². The van der Waals surface area contributed by atoms with Crippen LogP contribution in [0.2, 0.25) is 0 Å². The first-order valence-corrected chi connectivity index (χ1v) is 12.5. The number of amides is 1. The molecule has 1 aromatic carbocycles. The van der Waals surface area contributed by atoms with Crippen molar-refractivity contribution in [3.8, 4) is 6.07 Å². The van der Waals surface area contributed by atoms with Crippen LogP contribution in [-0.4, -0.2) is 31.7 Å². The maximum atomic E-state index is 12.9. The van der Waals surface area contributed by atoms with E-state index in [0.717, 1.165) is 16.9 Å². The number of carbonyl (C=O) groups excluding carboxylic acids is 1. The minimum atomic E-state index is -3.56. The summed E-state index contributed by atoms with van der Waals surface area (Å²) in [5, 5.41) is 12.7. The van der Waals surface area contributed by atoms with E-state index in [0.29, 0.717) is 47.3 Å². The lowest BCUT2D eigenvalue weighted by atomic mass is 9.97. The summed E-state index contributed by atoms with van der Waals surface area (Å²) in [7, 11) is -3.56. The molecule has 1 aliphatic heterocycles. The molecule has 0 unspecified atom stereocenters. The normalized spacial score (nSPS) is 15.8. The fraction of sp³-hybridized carbons (Fsp3) is 0.455. The maximum absolute atomic E-state index is 12.9. The first-order valence-electron chi connectivity index (χ1n) is 10.2. The van der Waals surface area contributed by atoms with Gasteiger partial charge >= 0.3 is 0 Å². The average molecular weight is 446 g/mol. The van der Waals surface area contributed by atoms with E-state index in [2.05, 4.69) is 25.2 Å². The molecule has 1 aromatic heterocycles. The van der Waals surface area contributed by atoms with E-state index >= 15 is 0 Å². The molecule has 0 atom stereocenters. The Hall–Kier alpha value is -2.21. The highest BCUT2D eigenvalue weighted by molar-refractivity contribution is 7.89. The second kappa shape index (κ2) is 9.29. The molecule has 0 saturated carbocycles. The number of anilines is 1. The highest BCUT2D eigenvalue weighted by atomic mass is 32.2. The summed E-state index contributed by atoms with van der Waals surface area (Å²) in [5.41, 5.74) is 1.58. The quantitative estimate of drug-likeness (QED) is 0.716. The van der Waals surface area contributed by atoms with Crippen LogP contribution in [0.15, 0.2) is 35.2 Å². The van der Waals surface area contributed by atoms with Crippen LogP contribution in [0.1, 0.15) is 55.5 Å². The van der Waals surface area contributed by atoms with Crippen LogP contribution in [0.3, 0.4) is 0 Å². The van der Waals surface area contributed by atoms with Crippen LogP contribution in [0.5, 0.6) is 0 Å². The van der Waals surface area contributed by atoms with Gasteiger partial charge in [-0.1, -0.05) is 32.9 Å². The molecule has 6 nitrogen and oxygen atoms in total. The van der Waals surface area contributed by atoms with Gasteiger partial charge in [0.05, 0.1) is 10.5 Å². The molecule has 3 rings (SSSR count). The number of aryl methyl sites for hydroxylation is 1. The Labute approximate surface area is 182 Å². The molecule has 0 aliphatic carbocycles. The molecular formula is C22H27N3O3S2. The minimum Gasteiger partial charge on any atom is -0.316 e. The number of rotatable bonds is 6. The third-order valence-corrected chi connectivity index (χ3v) is 8.61. The van der Waals surface area contributed by atoms with Gasteiger partial charge in [-0.2, -0.15) is 9.57 Å². The number of piperidine rings is 1. The molecule has 2 heterocycles. The zero-order chi connectivity index (χ0) is 21.9. The monoisotopic (exact) mass is 445 g/mol. The number of thiophene rings is 1. The van der Waals surface area contributed by atoms with E-state index in [4.69, 9.17) is 0 Å². The van der Waals surface area contributed by atoms with E-state index in [1.807, 2.05) is 19.1 Å². The molecule has 1 N–H and O–H groups in total. The number of carbonyl (C=O) groups is 1. The summed E-state index contributed by atoms with van der Waals surface area (Å²) in [6.07, 6.45) is 1.73. The molecule has 0 radical (unpaired) electrons. The second-order valence-electron chi connectivity index (χ2n) is 7.81. The van der Waals surface area contributed by atoms with Gasteiger partial charge in [-0.25, -0.2) is 8.42 Å². The van der Waals surface area contributed by atoms with Gasteiger partial charge in [-0.3, -0.25) is 4.79 Å². The Kier molecular flexibility index (Phi) is 6.96. The fourth-order valence-electron chi connectivity index (χ4n) is 3.54. The number of sulfonamides is 1. The van der Waals surface area contributed by atoms with Gasteiger partial charge in [-0.05, 0) is 48.9 Å². The largest absolute Gasteiger partial charge is 0.316 e. The Morgan fingerprint density at radius 2 is 1.90 bits per heavy atom. The van der Waals surface area contributed by atoms with Gasteiger partial charge < -0.3 is 5.32 Å². The third kappa shape index (κ3) is 4.75. The van der Waals surface area contributed by atoms with Gasteiger partial charge in [0.2, 0.25) is 15.9 Å². The molecule has 1 amide bonds. The Morgan fingerprint density at radius 3 is 2.43 bits per heavy atom. The van der Waals surface area contributed by atoms with Gasteiger partial charge in [0.25, 0.3) is 0 Å². The van der Waals surface area contributed by atoms with Crippen LogP contribution in [-0.2, 0) is 21.2 Å². The van der Waals surface area contributed by atoms with Crippen LogP contribution in [0.25, 0.3) is 0 Å². The van der Waals surface area contributed by atoms with E-state index in [1.165, 1.54) is 15.6 Å². The van der Waals surface area contributed by atoms with Crippen molar-refractivity contribution < 1.29 is 13.2 Å². The fourth-order valence-corrected chi connectivity index (χ4v) is 5.96. The molecule has 160 valence electrons. The summed E-state index contributed by atoms with van der Waals surface area (Å²) in [4.78, 5) is 14.0. The number of nitrogens with one attached hydrogen (secondary N) is 1. The molecule has 2 aromatic rings. The summed E-state index contributed by atoms with van der Waals surface area (Å²) in [6.45, 7) is 6.76. The lowest BCUT2D eigenvalue weighted by molar-refractivity contribution is -0.120. The van der Waals surface area contributed by atoms with E-state index in [-0.39, 0.29) is 11.8 Å². The highest BCUT2D eigenvalue weighted by Gasteiger charge is 2.32. The van der Waals surface area contributed by atoms with Crippen molar-refractivity contribution in [3.05, 3.63) is 46.3 Å². The zero-order valence-electron chi connectivity index (χ0n) is 17.5. The van der Waals surface area contributed by atoms with Gasteiger partial charge in [0.15, 0.2) is 0 Å². The molecule has 30 heavy (non-hydrogen) atoms. The molecule has 8 heteroatoms. The van der Waals surface area contributed by atoms with Gasteiger partial charge in [-0.15, -0.1) is 11.3 Å². The average Bonchev–Trinajstić information content (AvgIpc) is 3.15. The Bertz CT molecular complexity index is 1040. The standard InChI is InChI=1S/C22H27N3O3S2/c1-4-19-13-18(14-23)22(29-19)24-21(26)17-9-11-25(12-10-17)30(27,28)20-7-5-16(6-8-20)15(2)3/h5-8,13,15,17H,4,9-12H2,1-3H3,(H,24,26). The first-order chi connectivity index (χ1) is 14.3. The molecular weight excluding hydrogens is 418 g/mol. The van der Waals surface area contributed by atoms with E-state index < -0.39 is 10.0 Å². The van der Waals surface area contributed by atoms with Crippen molar-refractivity contribution in [1.29, 1.82) is 5.26 Å². The predicted molar refractivity (Wildman–Crippen MR) is 119 cm³/mol. The molecule has 1 saturated heterocycles. The predicted octanol–water partition coefficient (Wildman–Crippen LogP) is 4.34. The van der Waals surface area contributed by atoms with Crippen LogP contribution in [0, 0.1) is 17.2 Å². The minimum absolute atomic E-state index is 0.144. The van der Waals surface area contributed by atoms with Crippen LogP contribution in [0.4, 0.5) is 5.00 Å². The topological polar surface area (TPSA) is 90.3 Å². The van der Waals surface area contributed by atoms with E-state index in [9.17, 15) is 18.5 Å². The lowest BCUT2D eigenvalue weighted by Gasteiger charge is -2.30. The molecule has 1 aliphatic rings.